The van der Waals surface area contributed by atoms with Gasteiger partial charge in [0.05, 0.1) is 40.3 Å². The van der Waals surface area contributed by atoms with Gasteiger partial charge in [0.15, 0.2) is 11.5 Å². The Hall–Kier alpha value is -4.28. The van der Waals surface area contributed by atoms with Crippen LogP contribution in [-0.2, 0) is 24.2 Å². The summed E-state index contributed by atoms with van der Waals surface area (Å²) >= 11 is 0. The second-order valence-corrected chi connectivity index (χ2v) is 7.48. The number of aromatic nitrogens is 2. The number of ether oxygens (including phenoxy) is 4. The standard InChI is InChI=1S/C24H26FN3O7/c1-32-18-8-7-14(5-6-15-10-19(33-2)22(35-4)20(11-15)34-3)9-17(18)26-21(29)13-28-12-16(25)23(30)27-24(28)31/h7-12H,5-6,13H2,1-4H3,(H,26,29)(H,27,30,31). The first-order chi connectivity index (χ1) is 16.8. The number of hydrogen-bond donors (Lipinski definition) is 2. The van der Waals surface area contributed by atoms with E-state index in [1.807, 2.05) is 23.2 Å². The summed E-state index contributed by atoms with van der Waals surface area (Å²) in [5.74, 6) is 0.267. The normalized spacial score (nSPS) is 10.5. The van der Waals surface area contributed by atoms with Gasteiger partial charge in [0.2, 0.25) is 17.5 Å². The molecule has 0 atom stereocenters. The van der Waals surface area contributed by atoms with E-state index in [9.17, 15) is 18.8 Å². The van der Waals surface area contributed by atoms with E-state index in [1.54, 1.807) is 26.4 Å². The maximum Gasteiger partial charge on any atom is 0.328 e. The number of aromatic amines is 1. The number of carbonyl (C=O) groups is 1. The zero-order valence-electron chi connectivity index (χ0n) is 19.8. The lowest BCUT2D eigenvalue weighted by atomic mass is 10.0. The number of anilines is 1. The Morgan fingerprint density at radius 3 is 2.14 bits per heavy atom. The van der Waals surface area contributed by atoms with Gasteiger partial charge in [-0.05, 0) is 48.2 Å². The van der Waals surface area contributed by atoms with Crippen molar-refractivity contribution < 1.29 is 28.1 Å². The van der Waals surface area contributed by atoms with Crippen LogP contribution < -0.4 is 35.5 Å². The lowest BCUT2D eigenvalue weighted by molar-refractivity contribution is -0.116. The Morgan fingerprint density at radius 1 is 0.914 bits per heavy atom. The van der Waals surface area contributed by atoms with Crippen LogP contribution in [0.1, 0.15) is 11.1 Å². The first-order valence-electron chi connectivity index (χ1n) is 10.5. The van der Waals surface area contributed by atoms with E-state index in [-0.39, 0.29) is 0 Å². The third-order valence-electron chi connectivity index (χ3n) is 5.25. The van der Waals surface area contributed by atoms with Crippen molar-refractivity contribution in [2.24, 2.45) is 0 Å². The number of amides is 1. The highest BCUT2D eigenvalue weighted by Crippen LogP contribution is 2.38. The number of rotatable bonds is 10. The Balaban J connectivity index is 1.77. The molecule has 2 aromatic carbocycles. The van der Waals surface area contributed by atoms with Crippen LogP contribution in [0.15, 0.2) is 46.1 Å². The average Bonchev–Trinajstić information content (AvgIpc) is 2.85. The highest BCUT2D eigenvalue weighted by molar-refractivity contribution is 5.92. The number of nitrogens with one attached hydrogen (secondary N) is 2. The SMILES string of the molecule is COc1ccc(CCc2cc(OC)c(OC)c(OC)c2)cc1NC(=O)Cn1cc(F)c(=O)[nH]c1=O. The largest absolute Gasteiger partial charge is 0.495 e. The van der Waals surface area contributed by atoms with Crippen molar-refractivity contribution in [1.29, 1.82) is 0 Å². The molecule has 0 aliphatic carbocycles. The molecule has 0 spiro atoms. The van der Waals surface area contributed by atoms with Crippen LogP contribution in [0.2, 0.25) is 0 Å². The second kappa shape index (κ2) is 11.2. The molecule has 186 valence electrons. The molecule has 35 heavy (non-hydrogen) atoms. The first kappa shape index (κ1) is 25.3. The number of halogens is 1. The molecule has 2 N–H and O–H groups in total. The molecule has 0 bridgehead atoms. The monoisotopic (exact) mass is 487 g/mol. The molecule has 0 aliphatic rings. The van der Waals surface area contributed by atoms with E-state index in [0.29, 0.717) is 47.7 Å². The van der Waals surface area contributed by atoms with Gasteiger partial charge < -0.3 is 24.3 Å². The van der Waals surface area contributed by atoms with E-state index in [4.69, 9.17) is 18.9 Å². The number of methoxy groups -OCH3 is 4. The van der Waals surface area contributed by atoms with Crippen molar-refractivity contribution in [2.45, 2.75) is 19.4 Å². The minimum Gasteiger partial charge on any atom is -0.495 e. The van der Waals surface area contributed by atoms with Crippen molar-refractivity contribution in [2.75, 3.05) is 33.8 Å². The Kier molecular flexibility index (Phi) is 8.13. The summed E-state index contributed by atoms with van der Waals surface area (Å²) in [6.07, 6.45) is 1.95. The fourth-order valence-corrected chi connectivity index (χ4v) is 3.52. The number of nitrogens with zero attached hydrogens (tertiary/aromatic N) is 1. The molecule has 1 aromatic heterocycles. The third kappa shape index (κ3) is 5.99. The summed E-state index contributed by atoms with van der Waals surface area (Å²) in [5, 5.41) is 2.67. The van der Waals surface area contributed by atoms with Gasteiger partial charge in [0.1, 0.15) is 12.3 Å². The predicted octanol–water partition coefficient (Wildman–Crippen LogP) is 2.13. The Bertz CT molecular complexity index is 1310. The Morgan fingerprint density at radius 2 is 1.54 bits per heavy atom. The molecule has 0 saturated heterocycles. The van der Waals surface area contributed by atoms with Gasteiger partial charge in [-0.25, -0.2) is 4.79 Å². The van der Waals surface area contributed by atoms with E-state index in [2.05, 4.69) is 5.32 Å². The zero-order chi connectivity index (χ0) is 25.5. The average molecular weight is 487 g/mol. The maximum absolute atomic E-state index is 13.5. The number of aryl methyl sites for hydroxylation is 2. The minimum absolute atomic E-state index is 0.387. The quantitative estimate of drug-likeness (QED) is 0.449. The predicted molar refractivity (Wildman–Crippen MR) is 126 cm³/mol. The van der Waals surface area contributed by atoms with Gasteiger partial charge in [0, 0.05) is 0 Å². The number of H-pyrrole nitrogens is 1. The van der Waals surface area contributed by atoms with Crippen molar-refractivity contribution in [3.05, 3.63) is 74.3 Å². The van der Waals surface area contributed by atoms with Crippen LogP contribution in [0.3, 0.4) is 0 Å². The van der Waals surface area contributed by atoms with E-state index in [1.165, 1.54) is 14.2 Å². The molecule has 0 aliphatic heterocycles. The zero-order valence-corrected chi connectivity index (χ0v) is 19.8. The van der Waals surface area contributed by atoms with Crippen LogP contribution in [0.25, 0.3) is 0 Å². The van der Waals surface area contributed by atoms with Gasteiger partial charge in [0.25, 0.3) is 5.56 Å². The fraction of sp³-hybridized carbons (Fsp3) is 0.292. The summed E-state index contributed by atoms with van der Waals surface area (Å²) < 4.78 is 35.7. The highest BCUT2D eigenvalue weighted by atomic mass is 19.1. The minimum atomic E-state index is -1.16. The number of hydrogen-bond acceptors (Lipinski definition) is 7. The van der Waals surface area contributed by atoms with E-state index >= 15 is 0 Å². The van der Waals surface area contributed by atoms with Crippen molar-refractivity contribution in [3.8, 4) is 23.0 Å². The molecule has 0 saturated carbocycles. The van der Waals surface area contributed by atoms with Crippen LogP contribution in [0.4, 0.5) is 10.1 Å². The summed E-state index contributed by atoms with van der Waals surface area (Å²) in [5.41, 5.74) is 0.214. The van der Waals surface area contributed by atoms with Crippen molar-refractivity contribution in [3.63, 3.8) is 0 Å². The lowest BCUT2D eigenvalue weighted by Gasteiger charge is -2.15. The highest BCUT2D eigenvalue weighted by Gasteiger charge is 2.15. The molecular formula is C24H26FN3O7. The summed E-state index contributed by atoms with van der Waals surface area (Å²) in [7, 11) is 6.10. The molecular weight excluding hydrogens is 461 g/mol. The Labute approximate surface area is 200 Å². The molecule has 10 nitrogen and oxygen atoms in total. The van der Waals surface area contributed by atoms with Gasteiger partial charge in [-0.3, -0.25) is 19.1 Å². The topological polar surface area (TPSA) is 121 Å². The van der Waals surface area contributed by atoms with Crippen LogP contribution >= 0.6 is 0 Å². The lowest BCUT2D eigenvalue weighted by Crippen LogP contribution is -2.34. The second-order valence-electron chi connectivity index (χ2n) is 7.48. The summed E-state index contributed by atoms with van der Waals surface area (Å²) in [4.78, 5) is 37.3. The molecule has 1 heterocycles. The molecule has 1 amide bonds. The third-order valence-corrected chi connectivity index (χ3v) is 5.25. The molecule has 0 unspecified atom stereocenters. The molecule has 3 rings (SSSR count). The van der Waals surface area contributed by atoms with Gasteiger partial charge in [-0.1, -0.05) is 6.07 Å². The van der Waals surface area contributed by atoms with Crippen LogP contribution in [-0.4, -0.2) is 43.9 Å². The molecule has 0 radical (unpaired) electrons. The van der Waals surface area contributed by atoms with Gasteiger partial charge in [-0.2, -0.15) is 4.39 Å². The van der Waals surface area contributed by atoms with Crippen LogP contribution in [0.5, 0.6) is 23.0 Å². The van der Waals surface area contributed by atoms with E-state index < -0.39 is 29.5 Å². The smallest absolute Gasteiger partial charge is 0.328 e. The van der Waals surface area contributed by atoms with Gasteiger partial charge >= 0.3 is 5.69 Å². The summed E-state index contributed by atoms with van der Waals surface area (Å²) in [6.45, 7) is -0.495. The van der Waals surface area contributed by atoms with Gasteiger partial charge in [-0.15, -0.1) is 0 Å². The van der Waals surface area contributed by atoms with Crippen LogP contribution in [0, 0.1) is 5.82 Å². The van der Waals surface area contributed by atoms with E-state index in [0.717, 1.165) is 15.7 Å². The first-order valence-corrected chi connectivity index (χ1v) is 10.5. The number of benzene rings is 2. The number of carbonyl (C=O) groups excluding carboxylic acids is 1. The molecule has 11 heteroatoms. The molecule has 3 aromatic rings. The summed E-state index contributed by atoms with van der Waals surface area (Å²) in [6, 6.07) is 9.08. The molecule has 0 fully saturated rings. The van der Waals surface area contributed by atoms with Crippen molar-refractivity contribution in [1.82, 2.24) is 9.55 Å². The fourth-order valence-electron chi connectivity index (χ4n) is 3.52. The maximum atomic E-state index is 13.5. The van der Waals surface area contributed by atoms with Crippen molar-refractivity contribution >= 4 is 11.6 Å².